The predicted molar refractivity (Wildman–Crippen MR) is 70.4 cm³/mol. The summed E-state index contributed by atoms with van der Waals surface area (Å²) >= 11 is 6.93. The summed E-state index contributed by atoms with van der Waals surface area (Å²) in [5, 5.41) is 0.955. The van der Waals surface area contributed by atoms with E-state index in [0.29, 0.717) is 0 Å². The molecule has 82 valence electrons. The maximum atomic E-state index is 5.31. The summed E-state index contributed by atoms with van der Waals surface area (Å²) in [5.74, 6) is 0. The molecule has 0 fully saturated rings. The molecule has 0 N–H and O–H groups in total. The van der Waals surface area contributed by atoms with Gasteiger partial charge in [0.2, 0.25) is 0 Å². The molecule has 1 aromatic carbocycles. The number of rotatable bonds is 3. The minimum absolute atomic E-state index is 0.781. The van der Waals surface area contributed by atoms with Gasteiger partial charge in [-0.15, -0.1) is 0 Å². The van der Waals surface area contributed by atoms with Gasteiger partial charge < -0.3 is 4.57 Å². The van der Waals surface area contributed by atoms with E-state index in [1.165, 1.54) is 5.56 Å². The molecule has 0 unspecified atom stereocenters. The Morgan fingerprint density at radius 2 is 2.00 bits per heavy atom. The summed E-state index contributed by atoms with van der Waals surface area (Å²) in [6, 6.07) is 12.1. The third-order valence-corrected chi connectivity index (χ3v) is 3.31. The smallest absolute Gasteiger partial charge is 0.168 e. The fourth-order valence-electron chi connectivity index (χ4n) is 1.49. The summed E-state index contributed by atoms with van der Waals surface area (Å²) < 4.78 is 2.87. The van der Waals surface area contributed by atoms with E-state index in [4.69, 9.17) is 12.2 Å². The van der Waals surface area contributed by atoms with E-state index >= 15 is 0 Å². The zero-order valence-electron chi connectivity index (χ0n) is 8.96. The number of hydrogen-bond acceptors (Lipinski definition) is 3. The molecular weight excluding hydrogens is 236 g/mol. The molecule has 2 nitrogen and oxygen atoms in total. The first-order valence-electron chi connectivity index (χ1n) is 4.95. The van der Waals surface area contributed by atoms with Gasteiger partial charge in [-0.1, -0.05) is 54.3 Å². The van der Waals surface area contributed by atoms with Crippen LogP contribution in [0.5, 0.6) is 0 Å². The van der Waals surface area contributed by atoms with Crippen LogP contribution in [0.1, 0.15) is 5.56 Å². The Hall–Kier alpha value is -1.13. The molecule has 1 aromatic heterocycles. The van der Waals surface area contributed by atoms with Gasteiger partial charge in [0, 0.05) is 6.20 Å². The van der Waals surface area contributed by atoms with Crippen LogP contribution >= 0.6 is 24.0 Å². The molecular formula is C12H12N2S2. The summed E-state index contributed by atoms with van der Waals surface area (Å²) in [6.07, 6.45) is 3.77. The molecule has 1 heterocycles. The highest BCUT2D eigenvalue weighted by Gasteiger charge is 2.02. The van der Waals surface area contributed by atoms with Crippen molar-refractivity contribution in [3.05, 3.63) is 52.8 Å². The average Bonchev–Trinajstić information content (AvgIpc) is 2.33. The SMILES string of the molecule is CSc1nccc(=S)n1Cc1ccccc1. The Kier molecular flexibility index (Phi) is 3.74. The van der Waals surface area contributed by atoms with Crippen molar-refractivity contribution < 1.29 is 0 Å². The van der Waals surface area contributed by atoms with E-state index in [-0.39, 0.29) is 0 Å². The first-order valence-corrected chi connectivity index (χ1v) is 6.58. The average molecular weight is 248 g/mol. The van der Waals surface area contributed by atoms with Crippen LogP contribution in [0.4, 0.5) is 0 Å². The van der Waals surface area contributed by atoms with Gasteiger partial charge >= 0.3 is 0 Å². The standard InChI is InChI=1S/C12H12N2S2/c1-16-12-13-8-7-11(15)14(12)9-10-5-3-2-4-6-10/h2-8H,9H2,1H3. The van der Waals surface area contributed by atoms with Crippen molar-refractivity contribution in [2.24, 2.45) is 0 Å². The topological polar surface area (TPSA) is 17.8 Å². The minimum Gasteiger partial charge on any atom is -0.307 e. The molecule has 0 radical (unpaired) electrons. The lowest BCUT2D eigenvalue weighted by molar-refractivity contribution is 0.661. The van der Waals surface area contributed by atoms with Crippen molar-refractivity contribution in [2.75, 3.05) is 6.26 Å². The zero-order valence-corrected chi connectivity index (χ0v) is 10.6. The van der Waals surface area contributed by atoms with Crippen LogP contribution in [-0.2, 0) is 6.54 Å². The monoisotopic (exact) mass is 248 g/mol. The highest BCUT2D eigenvalue weighted by Crippen LogP contribution is 2.14. The molecule has 0 saturated heterocycles. The summed E-state index contributed by atoms with van der Waals surface area (Å²) in [6.45, 7) is 0.781. The van der Waals surface area contributed by atoms with Crippen molar-refractivity contribution in [3.8, 4) is 0 Å². The molecule has 16 heavy (non-hydrogen) atoms. The highest BCUT2D eigenvalue weighted by atomic mass is 32.2. The lowest BCUT2D eigenvalue weighted by Crippen LogP contribution is -2.06. The highest BCUT2D eigenvalue weighted by molar-refractivity contribution is 7.98. The van der Waals surface area contributed by atoms with Crippen LogP contribution in [0.3, 0.4) is 0 Å². The zero-order chi connectivity index (χ0) is 11.4. The molecule has 0 aliphatic rings. The number of nitrogens with zero attached hydrogens (tertiary/aromatic N) is 2. The van der Waals surface area contributed by atoms with E-state index in [9.17, 15) is 0 Å². The molecule has 0 atom stereocenters. The van der Waals surface area contributed by atoms with Gasteiger partial charge in [-0.05, 0) is 17.9 Å². The van der Waals surface area contributed by atoms with Crippen LogP contribution in [0.25, 0.3) is 0 Å². The fourth-order valence-corrected chi connectivity index (χ4v) is 2.31. The molecule has 0 aliphatic carbocycles. The van der Waals surface area contributed by atoms with Crippen LogP contribution in [0.2, 0.25) is 0 Å². The van der Waals surface area contributed by atoms with E-state index in [2.05, 4.69) is 21.7 Å². The summed E-state index contributed by atoms with van der Waals surface area (Å²) in [7, 11) is 0. The van der Waals surface area contributed by atoms with Gasteiger partial charge in [0.1, 0.15) is 4.64 Å². The number of thioether (sulfide) groups is 1. The van der Waals surface area contributed by atoms with Crippen molar-refractivity contribution in [2.45, 2.75) is 11.7 Å². The largest absolute Gasteiger partial charge is 0.307 e. The third-order valence-electron chi connectivity index (χ3n) is 2.27. The second-order valence-corrected chi connectivity index (χ2v) is 4.53. The molecule has 0 spiro atoms. The van der Waals surface area contributed by atoms with Gasteiger partial charge in [-0.3, -0.25) is 0 Å². The second kappa shape index (κ2) is 5.27. The molecule has 0 saturated carbocycles. The van der Waals surface area contributed by atoms with Crippen molar-refractivity contribution >= 4 is 24.0 Å². The van der Waals surface area contributed by atoms with Crippen molar-refractivity contribution in [1.82, 2.24) is 9.55 Å². The molecule has 0 aliphatic heterocycles. The van der Waals surface area contributed by atoms with Crippen LogP contribution in [0.15, 0.2) is 47.8 Å². The second-order valence-electron chi connectivity index (χ2n) is 3.34. The maximum Gasteiger partial charge on any atom is 0.168 e. The van der Waals surface area contributed by atoms with Gasteiger partial charge in [0.25, 0.3) is 0 Å². The number of hydrogen-bond donors (Lipinski definition) is 0. The quantitative estimate of drug-likeness (QED) is 0.471. The molecule has 4 heteroatoms. The van der Waals surface area contributed by atoms with Gasteiger partial charge in [-0.2, -0.15) is 0 Å². The van der Waals surface area contributed by atoms with Crippen molar-refractivity contribution in [1.29, 1.82) is 0 Å². The van der Waals surface area contributed by atoms with Gasteiger partial charge in [-0.25, -0.2) is 4.98 Å². The Morgan fingerprint density at radius 1 is 1.25 bits per heavy atom. The molecule has 2 rings (SSSR count). The van der Waals surface area contributed by atoms with Crippen LogP contribution in [-0.4, -0.2) is 15.8 Å². The molecule has 0 bridgehead atoms. The Bertz CT molecular complexity index is 520. The van der Waals surface area contributed by atoms with E-state index in [1.807, 2.05) is 30.5 Å². The lowest BCUT2D eigenvalue weighted by atomic mass is 10.2. The Balaban J connectivity index is 2.38. The number of aromatic nitrogens is 2. The molecule has 0 amide bonds. The maximum absolute atomic E-state index is 5.31. The summed E-state index contributed by atoms with van der Waals surface area (Å²) in [5.41, 5.74) is 1.24. The summed E-state index contributed by atoms with van der Waals surface area (Å²) in [4.78, 5) is 4.31. The van der Waals surface area contributed by atoms with Gasteiger partial charge in [0.15, 0.2) is 5.16 Å². The van der Waals surface area contributed by atoms with Crippen molar-refractivity contribution in [3.63, 3.8) is 0 Å². The molecule has 2 aromatic rings. The van der Waals surface area contributed by atoms with Gasteiger partial charge in [0.05, 0.1) is 6.54 Å². The predicted octanol–water partition coefficient (Wildman–Crippen LogP) is 3.38. The van der Waals surface area contributed by atoms with Crippen LogP contribution in [0, 0.1) is 4.64 Å². The normalized spacial score (nSPS) is 10.3. The first-order chi connectivity index (χ1) is 7.81. The Morgan fingerprint density at radius 3 is 2.69 bits per heavy atom. The Labute approximate surface area is 104 Å². The van der Waals surface area contributed by atoms with E-state index in [0.717, 1.165) is 16.3 Å². The minimum atomic E-state index is 0.781. The number of benzene rings is 1. The van der Waals surface area contributed by atoms with E-state index < -0.39 is 0 Å². The fraction of sp³-hybridized carbons (Fsp3) is 0.167. The third kappa shape index (κ3) is 2.51. The first kappa shape index (κ1) is 11.4. The van der Waals surface area contributed by atoms with Crippen LogP contribution < -0.4 is 0 Å². The lowest BCUT2D eigenvalue weighted by Gasteiger charge is -2.10. The van der Waals surface area contributed by atoms with E-state index in [1.54, 1.807) is 18.0 Å².